The number of carbonyl (C=O) groups is 1. The van der Waals surface area contributed by atoms with Crippen molar-refractivity contribution in [2.75, 3.05) is 19.0 Å². The normalized spacial score (nSPS) is 16.2. The minimum absolute atomic E-state index is 0.0786. The highest BCUT2D eigenvalue weighted by molar-refractivity contribution is 9.10. The number of rotatable bonds is 4. The highest BCUT2D eigenvalue weighted by Crippen LogP contribution is 2.31. The molecule has 5 nitrogen and oxygen atoms in total. The van der Waals surface area contributed by atoms with Gasteiger partial charge in [-0.2, -0.15) is 0 Å². The molecular weight excluding hydrogens is 474 g/mol. The monoisotopic (exact) mass is 495 g/mol. The lowest BCUT2D eigenvalue weighted by atomic mass is 9.93. The average Bonchev–Trinajstić information content (AvgIpc) is 3.03. The minimum Gasteiger partial charge on any atom is -0.378 e. The van der Waals surface area contributed by atoms with Gasteiger partial charge >= 0.3 is 0 Å². The largest absolute Gasteiger partial charge is 0.378 e. The van der Waals surface area contributed by atoms with Crippen LogP contribution in [-0.2, 0) is 4.79 Å². The summed E-state index contributed by atoms with van der Waals surface area (Å²) in [5.41, 5.74) is 3.95. The lowest BCUT2D eigenvalue weighted by molar-refractivity contribution is -0.114. The highest BCUT2D eigenvalue weighted by Gasteiger charge is 2.30. The van der Waals surface area contributed by atoms with Crippen LogP contribution in [0, 0.1) is 0 Å². The second-order valence-corrected chi connectivity index (χ2v) is 9.60. The van der Waals surface area contributed by atoms with Gasteiger partial charge in [0.1, 0.15) is 0 Å². The van der Waals surface area contributed by atoms with Crippen LogP contribution < -0.4 is 19.8 Å². The number of hydrogen-bond acceptors (Lipinski definition) is 5. The Hall–Kier alpha value is -2.77. The fourth-order valence-electron chi connectivity index (χ4n) is 3.75. The Morgan fingerprint density at radius 1 is 1.13 bits per heavy atom. The molecular formula is C24H22BrN3O2S. The van der Waals surface area contributed by atoms with Crippen molar-refractivity contribution in [3.8, 4) is 0 Å². The molecule has 0 saturated carbocycles. The summed E-state index contributed by atoms with van der Waals surface area (Å²) in [4.78, 5) is 33.3. The first kappa shape index (κ1) is 21.5. The number of ketones is 1. The predicted molar refractivity (Wildman–Crippen MR) is 129 cm³/mol. The lowest BCUT2D eigenvalue weighted by Crippen LogP contribution is -2.39. The Kier molecular flexibility index (Phi) is 5.81. The zero-order valence-corrected chi connectivity index (χ0v) is 20.1. The van der Waals surface area contributed by atoms with Crippen molar-refractivity contribution < 1.29 is 4.79 Å². The van der Waals surface area contributed by atoms with Crippen molar-refractivity contribution in [2.24, 2.45) is 4.99 Å². The fourth-order valence-corrected chi connectivity index (χ4v) is 5.06. The van der Waals surface area contributed by atoms with Crippen LogP contribution in [0.1, 0.15) is 31.0 Å². The number of aromatic nitrogens is 1. The van der Waals surface area contributed by atoms with Crippen molar-refractivity contribution in [2.45, 2.75) is 19.9 Å². The number of carbonyl (C=O) groups excluding carboxylic acids is 1. The maximum atomic E-state index is 13.4. The molecule has 0 fully saturated rings. The van der Waals surface area contributed by atoms with Crippen LogP contribution in [0.4, 0.5) is 5.69 Å². The lowest BCUT2D eigenvalue weighted by Gasteiger charge is -2.25. The van der Waals surface area contributed by atoms with E-state index in [1.807, 2.05) is 80.5 Å². The molecule has 0 aliphatic carbocycles. The number of thiazole rings is 1. The van der Waals surface area contributed by atoms with E-state index >= 15 is 0 Å². The summed E-state index contributed by atoms with van der Waals surface area (Å²) in [5.74, 6) is -0.0786. The number of halogens is 1. The SMILES string of the molecule is CC(=O)C1=C(C)N=c2s/c(=C/c3ccc(Br)cc3)c(=O)n2[C@@H]1c1ccc(N(C)C)cc1. The van der Waals surface area contributed by atoms with E-state index in [1.165, 1.54) is 18.3 Å². The van der Waals surface area contributed by atoms with Gasteiger partial charge in [-0.15, -0.1) is 0 Å². The smallest absolute Gasteiger partial charge is 0.271 e. The highest BCUT2D eigenvalue weighted by atomic mass is 79.9. The zero-order valence-electron chi connectivity index (χ0n) is 17.7. The first-order chi connectivity index (χ1) is 14.8. The molecule has 0 amide bonds. The van der Waals surface area contributed by atoms with E-state index in [0.29, 0.717) is 20.6 Å². The van der Waals surface area contributed by atoms with Crippen LogP contribution >= 0.6 is 27.3 Å². The third kappa shape index (κ3) is 4.07. The van der Waals surface area contributed by atoms with E-state index in [9.17, 15) is 9.59 Å². The molecule has 0 N–H and O–H groups in total. The van der Waals surface area contributed by atoms with Crippen LogP contribution in [0.5, 0.6) is 0 Å². The molecule has 1 atom stereocenters. The first-order valence-corrected chi connectivity index (χ1v) is 11.4. The summed E-state index contributed by atoms with van der Waals surface area (Å²) in [7, 11) is 3.95. The van der Waals surface area contributed by atoms with E-state index in [0.717, 1.165) is 21.3 Å². The Morgan fingerprint density at radius 2 is 1.77 bits per heavy atom. The van der Waals surface area contributed by atoms with Gasteiger partial charge in [0.25, 0.3) is 5.56 Å². The molecule has 158 valence electrons. The second kappa shape index (κ2) is 8.40. The van der Waals surface area contributed by atoms with E-state index < -0.39 is 6.04 Å². The van der Waals surface area contributed by atoms with Crippen LogP contribution in [0.15, 0.2) is 74.1 Å². The molecule has 0 radical (unpaired) electrons. The third-order valence-corrected chi connectivity index (χ3v) is 6.81. The summed E-state index contributed by atoms with van der Waals surface area (Å²) in [6.45, 7) is 3.37. The molecule has 4 rings (SSSR count). The van der Waals surface area contributed by atoms with Crippen LogP contribution in [0.25, 0.3) is 6.08 Å². The molecule has 0 bridgehead atoms. The van der Waals surface area contributed by atoms with Gasteiger partial charge in [-0.05, 0) is 55.3 Å². The summed E-state index contributed by atoms with van der Waals surface area (Å²) >= 11 is 4.78. The number of Topliss-reactive ketones (excluding diaryl/α,β-unsaturated/α-hetero) is 1. The molecule has 2 heterocycles. The van der Waals surface area contributed by atoms with Crippen molar-refractivity contribution in [3.05, 3.63) is 95.1 Å². The van der Waals surface area contributed by atoms with Gasteiger partial charge < -0.3 is 4.90 Å². The molecule has 0 spiro atoms. The summed E-state index contributed by atoms with van der Waals surface area (Å²) in [6, 6.07) is 15.3. The van der Waals surface area contributed by atoms with E-state index in [2.05, 4.69) is 20.9 Å². The van der Waals surface area contributed by atoms with Crippen molar-refractivity contribution in [1.82, 2.24) is 4.57 Å². The van der Waals surface area contributed by atoms with Crippen LogP contribution in [0.3, 0.4) is 0 Å². The molecule has 1 aliphatic rings. The molecule has 3 aromatic rings. The maximum absolute atomic E-state index is 13.4. The van der Waals surface area contributed by atoms with Crippen LogP contribution in [0.2, 0.25) is 0 Å². The third-order valence-electron chi connectivity index (χ3n) is 5.29. The second-order valence-electron chi connectivity index (χ2n) is 7.68. The van der Waals surface area contributed by atoms with E-state index in [-0.39, 0.29) is 11.3 Å². The quantitative estimate of drug-likeness (QED) is 0.554. The zero-order chi connectivity index (χ0) is 22.3. The van der Waals surface area contributed by atoms with Gasteiger partial charge in [0.05, 0.1) is 10.6 Å². The average molecular weight is 496 g/mol. The van der Waals surface area contributed by atoms with Crippen molar-refractivity contribution >= 4 is 44.8 Å². The van der Waals surface area contributed by atoms with Gasteiger partial charge in [0.15, 0.2) is 10.6 Å². The number of hydrogen-bond donors (Lipinski definition) is 0. The van der Waals surface area contributed by atoms with Gasteiger partial charge in [-0.3, -0.25) is 14.2 Å². The van der Waals surface area contributed by atoms with Crippen molar-refractivity contribution in [3.63, 3.8) is 0 Å². The van der Waals surface area contributed by atoms with Crippen molar-refractivity contribution in [1.29, 1.82) is 0 Å². The molecule has 1 aliphatic heterocycles. The Labute approximate surface area is 192 Å². The first-order valence-electron chi connectivity index (χ1n) is 9.82. The molecule has 7 heteroatoms. The standard InChI is InChI=1S/C24H22BrN3O2S/c1-14-21(15(2)29)22(17-7-11-19(12-8-17)27(3)4)28-23(30)20(31-24(28)26-14)13-16-5-9-18(25)10-6-16/h5-13,22H,1-4H3/b20-13+/t22-/m1/s1. The van der Waals surface area contributed by atoms with Gasteiger partial charge in [-0.25, -0.2) is 4.99 Å². The number of allylic oxidation sites excluding steroid dienone is 2. The number of anilines is 1. The van der Waals surface area contributed by atoms with E-state index in [1.54, 1.807) is 4.57 Å². The van der Waals surface area contributed by atoms with Gasteiger partial charge in [-0.1, -0.05) is 51.5 Å². The number of benzene rings is 2. The van der Waals surface area contributed by atoms with Crippen LogP contribution in [-0.4, -0.2) is 24.4 Å². The molecule has 31 heavy (non-hydrogen) atoms. The topological polar surface area (TPSA) is 54.7 Å². The Bertz CT molecular complexity index is 1360. The summed E-state index contributed by atoms with van der Waals surface area (Å²) in [6.07, 6.45) is 1.87. The molecule has 1 aromatic heterocycles. The summed E-state index contributed by atoms with van der Waals surface area (Å²) < 4.78 is 3.23. The Morgan fingerprint density at radius 3 is 2.35 bits per heavy atom. The van der Waals surface area contributed by atoms with Gasteiger partial charge in [0.2, 0.25) is 0 Å². The number of nitrogens with zero attached hydrogens (tertiary/aromatic N) is 3. The van der Waals surface area contributed by atoms with E-state index in [4.69, 9.17) is 0 Å². The minimum atomic E-state index is -0.489. The van der Waals surface area contributed by atoms with Gasteiger partial charge in [0, 0.05) is 35.5 Å². The number of fused-ring (bicyclic) bond motifs is 1. The molecule has 2 aromatic carbocycles. The predicted octanol–water partition coefficient (Wildman–Crippen LogP) is 3.65. The Balaban J connectivity index is 1.93. The summed E-state index contributed by atoms with van der Waals surface area (Å²) in [5, 5.41) is 0. The molecule has 0 unspecified atom stereocenters. The fraction of sp³-hybridized carbons (Fsp3) is 0.208. The molecule has 0 saturated heterocycles. The maximum Gasteiger partial charge on any atom is 0.271 e.